The first-order chi connectivity index (χ1) is 9.88. The molecule has 1 heterocycles. The third kappa shape index (κ3) is 3.25. The van der Waals surface area contributed by atoms with Gasteiger partial charge in [-0.05, 0) is 30.2 Å². The number of halogens is 1. The van der Waals surface area contributed by atoms with Crippen LogP contribution in [0.1, 0.15) is 46.3 Å². The van der Waals surface area contributed by atoms with Gasteiger partial charge >= 0.3 is 5.97 Å². The van der Waals surface area contributed by atoms with E-state index in [1.165, 1.54) is 0 Å². The first-order valence-electron chi connectivity index (χ1n) is 6.28. The fourth-order valence-electron chi connectivity index (χ4n) is 1.69. The molecule has 3 N–H and O–H groups in total. The summed E-state index contributed by atoms with van der Waals surface area (Å²) < 4.78 is 13.6. The van der Waals surface area contributed by atoms with Crippen molar-refractivity contribution in [1.82, 2.24) is 10.2 Å². The number of carboxylic acids is 1. The molecule has 6 nitrogen and oxygen atoms in total. The predicted octanol–water partition coefficient (Wildman–Crippen LogP) is 2.62. The van der Waals surface area contributed by atoms with Crippen LogP contribution < -0.4 is 5.32 Å². The van der Waals surface area contributed by atoms with Crippen molar-refractivity contribution in [2.75, 3.05) is 5.32 Å². The van der Waals surface area contributed by atoms with E-state index in [0.29, 0.717) is 0 Å². The highest BCUT2D eigenvalue weighted by molar-refractivity contribution is 6.03. The summed E-state index contributed by atoms with van der Waals surface area (Å²) in [6.45, 7) is 3.87. The lowest BCUT2D eigenvalue weighted by Gasteiger charge is -2.05. The Kier molecular flexibility index (Phi) is 4.02. The number of aromatic nitrogens is 2. The number of H-pyrrole nitrogens is 1. The van der Waals surface area contributed by atoms with Gasteiger partial charge in [0.1, 0.15) is 5.82 Å². The summed E-state index contributed by atoms with van der Waals surface area (Å²) in [5, 5.41) is 17.7. The molecule has 2 aromatic rings. The van der Waals surface area contributed by atoms with Gasteiger partial charge in [-0.1, -0.05) is 13.8 Å². The van der Waals surface area contributed by atoms with E-state index in [4.69, 9.17) is 5.11 Å². The van der Waals surface area contributed by atoms with Crippen molar-refractivity contribution in [3.05, 3.63) is 47.0 Å². The van der Waals surface area contributed by atoms with Gasteiger partial charge in [0.15, 0.2) is 5.69 Å². The molecule has 0 bridgehead atoms. The largest absolute Gasteiger partial charge is 0.478 e. The molecule has 0 fully saturated rings. The number of amides is 1. The Morgan fingerprint density at radius 3 is 2.62 bits per heavy atom. The average Bonchev–Trinajstić information content (AvgIpc) is 2.90. The molecule has 0 spiro atoms. The normalized spacial score (nSPS) is 10.7. The molecule has 1 aromatic heterocycles. The van der Waals surface area contributed by atoms with Crippen LogP contribution in [0.3, 0.4) is 0 Å². The number of nitrogens with one attached hydrogen (secondary N) is 2. The van der Waals surface area contributed by atoms with Crippen molar-refractivity contribution in [3.63, 3.8) is 0 Å². The minimum atomic E-state index is -1.20. The van der Waals surface area contributed by atoms with Crippen LogP contribution in [-0.4, -0.2) is 27.2 Å². The summed E-state index contributed by atoms with van der Waals surface area (Å²) in [6, 6.07) is 4.74. The standard InChI is InChI=1S/C14H14FN3O3/c1-7(2)10-6-12(18-17-10)13(19)16-11-5-8(14(20)21)3-4-9(11)15/h3-7H,1-2H3,(H,16,19)(H,17,18)(H,20,21). The monoisotopic (exact) mass is 291 g/mol. The number of hydrogen-bond donors (Lipinski definition) is 3. The third-order valence-electron chi connectivity index (χ3n) is 2.91. The number of benzene rings is 1. The number of carbonyl (C=O) groups excluding carboxylic acids is 1. The molecule has 21 heavy (non-hydrogen) atoms. The van der Waals surface area contributed by atoms with Gasteiger partial charge in [0.05, 0.1) is 11.3 Å². The maximum Gasteiger partial charge on any atom is 0.335 e. The van der Waals surface area contributed by atoms with Crippen LogP contribution in [0.2, 0.25) is 0 Å². The molecule has 0 aliphatic rings. The molecule has 0 aliphatic heterocycles. The zero-order chi connectivity index (χ0) is 15.6. The van der Waals surface area contributed by atoms with Crippen molar-refractivity contribution >= 4 is 17.6 Å². The second-order valence-electron chi connectivity index (χ2n) is 4.82. The Morgan fingerprint density at radius 2 is 2.05 bits per heavy atom. The highest BCUT2D eigenvalue weighted by atomic mass is 19.1. The SMILES string of the molecule is CC(C)c1cc(C(=O)Nc2cc(C(=O)O)ccc2F)n[nH]1. The number of nitrogens with zero attached hydrogens (tertiary/aromatic N) is 1. The predicted molar refractivity (Wildman–Crippen MR) is 74.0 cm³/mol. The lowest BCUT2D eigenvalue weighted by atomic mass is 10.1. The molecule has 0 aliphatic carbocycles. The van der Waals surface area contributed by atoms with E-state index in [0.717, 1.165) is 23.9 Å². The Labute approximate surface area is 120 Å². The number of aromatic carboxylic acids is 1. The molecule has 2 rings (SSSR count). The minimum absolute atomic E-state index is 0.110. The van der Waals surface area contributed by atoms with Gasteiger partial charge in [0.2, 0.25) is 0 Å². The quantitative estimate of drug-likeness (QED) is 0.807. The third-order valence-corrected chi connectivity index (χ3v) is 2.91. The van der Waals surface area contributed by atoms with Gasteiger partial charge in [-0.15, -0.1) is 0 Å². The molecule has 7 heteroatoms. The molecule has 1 aromatic carbocycles. The second kappa shape index (κ2) is 5.74. The van der Waals surface area contributed by atoms with E-state index in [2.05, 4.69) is 15.5 Å². The molecule has 0 radical (unpaired) electrons. The van der Waals surface area contributed by atoms with Crippen LogP contribution in [0.15, 0.2) is 24.3 Å². The first-order valence-corrected chi connectivity index (χ1v) is 6.28. The van der Waals surface area contributed by atoms with Crippen LogP contribution in [-0.2, 0) is 0 Å². The summed E-state index contributed by atoms with van der Waals surface area (Å²) in [7, 11) is 0. The molecular weight excluding hydrogens is 277 g/mol. The van der Waals surface area contributed by atoms with E-state index in [9.17, 15) is 14.0 Å². The van der Waals surface area contributed by atoms with Crippen molar-refractivity contribution < 1.29 is 19.1 Å². The van der Waals surface area contributed by atoms with Gasteiger partial charge in [-0.25, -0.2) is 9.18 Å². The molecule has 0 atom stereocenters. The zero-order valence-electron chi connectivity index (χ0n) is 11.5. The lowest BCUT2D eigenvalue weighted by molar-refractivity contribution is 0.0696. The Bertz CT molecular complexity index is 695. The van der Waals surface area contributed by atoms with Crippen LogP contribution in [0.5, 0.6) is 0 Å². The summed E-state index contributed by atoms with van der Waals surface area (Å²) in [4.78, 5) is 22.8. The van der Waals surface area contributed by atoms with Crippen molar-refractivity contribution in [2.45, 2.75) is 19.8 Å². The van der Waals surface area contributed by atoms with E-state index >= 15 is 0 Å². The maximum absolute atomic E-state index is 13.6. The van der Waals surface area contributed by atoms with E-state index in [1.807, 2.05) is 13.8 Å². The lowest BCUT2D eigenvalue weighted by Crippen LogP contribution is -2.14. The van der Waals surface area contributed by atoms with Gasteiger partial charge in [0, 0.05) is 5.69 Å². The fourth-order valence-corrected chi connectivity index (χ4v) is 1.69. The number of hydrogen-bond acceptors (Lipinski definition) is 3. The van der Waals surface area contributed by atoms with Crippen LogP contribution in [0.4, 0.5) is 10.1 Å². The number of carbonyl (C=O) groups is 2. The number of anilines is 1. The highest BCUT2D eigenvalue weighted by Crippen LogP contribution is 2.18. The van der Waals surface area contributed by atoms with Crippen molar-refractivity contribution in [2.24, 2.45) is 0 Å². The molecular formula is C14H14FN3O3. The summed E-state index contributed by atoms with van der Waals surface area (Å²) in [5.74, 6) is -2.36. The molecule has 0 unspecified atom stereocenters. The van der Waals surface area contributed by atoms with Crippen LogP contribution in [0, 0.1) is 5.82 Å². The van der Waals surface area contributed by atoms with Gasteiger partial charge < -0.3 is 10.4 Å². The Morgan fingerprint density at radius 1 is 1.33 bits per heavy atom. The van der Waals surface area contributed by atoms with Crippen LogP contribution in [0.25, 0.3) is 0 Å². The van der Waals surface area contributed by atoms with Gasteiger partial charge in [-0.2, -0.15) is 5.10 Å². The minimum Gasteiger partial charge on any atom is -0.478 e. The molecule has 0 saturated heterocycles. The van der Waals surface area contributed by atoms with Crippen molar-refractivity contribution in [3.8, 4) is 0 Å². The average molecular weight is 291 g/mol. The van der Waals surface area contributed by atoms with Gasteiger partial charge in [0.25, 0.3) is 5.91 Å². The Balaban J connectivity index is 2.22. The van der Waals surface area contributed by atoms with Crippen molar-refractivity contribution in [1.29, 1.82) is 0 Å². The summed E-state index contributed by atoms with van der Waals surface area (Å²) >= 11 is 0. The smallest absolute Gasteiger partial charge is 0.335 e. The topological polar surface area (TPSA) is 95.1 Å². The maximum atomic E-state index is 13.6. The zero-order valence-corrected chi connectivity index (χ0v) is 11.5. The second-order valence-corrected chi connectivity index (χ2v) is 4.82. The number of aromatic amines is 1. The molecule has 0 saturated carbocycles. The summed E-state index contributed by atoms with van der Waals surface area (Å²) in [5.41, 5.74) is 0.573. The molecule has 1 amide bonds. The number of rotatable bonds is 4. The summed E-state index contributed by atoms with van der Waals surface area (Å²) in [6.07, 6.45) is 0. The molecule has 110 valence electrons. The highest BCUT2D eigenvalue weighted by Gasteiger charge is 2.15. The van der Waals surface area contributed by atoms with E-state index in [1.54, 1.807) is 6.07 Å². The number of carboxylic acid groups (broad SMARTS) is 1. The first kappa shape index (κ1) is 14.7. The van der Waals surface area contributed by atoms with E-state index in [-0.39, 0.29) is 22.9 Å². The van der Waals surface area contributed by atoms with Gasteiger partial charge in [-0.3, -0.25) is 9.89 Å². The van der Waals surface area contributed by atoms with E-state index < -0.39 is 17.7 Å². The Hall–Kier alpha value is -2.70. The van der Waals surface area contributed by atoms with Crippen LogP contribution >= 0.6 is 0 Å². The fraction of sp³-hybridized carbons (Fsp3) is 0.214.